The Kier molecular flexibility index (Phi) is 4.50. The summed E-state index contributed by atoms with van der Waals surface area (Å²) >= 11 is 0. The Bertz CT molecular complexity index is 968. The van der Waals surface area contributed by atoms with Gasteiger partial charge in [-0.3, -0.25) is 4.68 Å². The molecule has 0 amide bonds. The van der Waals surface area contributed by atoms with E-state index in [0.717, 1.165) is 35.3 Å². The molecule has 2 heterocycles. The summed E-state index contributed by atoms with van der Waals surface area (Å²) in [6.07, 6.45) is 4.11. The van der Waals surface area contributed by atoms with Crippen molar-refractivity contribution in [2.24, 2.45) is 18.2 Å². The Morgan fingerprint density at radius 3 is 2.54 bits per heavy atom. The molecule has 1 fully saturated rings. The van der Waals surface area contributed by atoms with Gasteiger partial charge in [-0.25, -0.2) is 0 Å². The molecule has 1 aliphatic carbocycles. The second kappa shape index (κ2) is 6.74. The molecule has 0 saturated heterocycles. The van der Waals surface area contributed by atoms with E-state index in [1.165, 1.54) is 0 Å². The summed E-state index contributed by atoms with van der Waals surface area (Å²) < 4.78 is 1.78. The lowest BCUT2D eigenvalue weighted by Gasteiger charge is -2.32. The van der Waals surface area contributed by atoms with Crippen molar-refractivity contribution in [1.82, 2.24) is 19.7 Å². The maximum absolute atomic E-state index is 6.32. The summed E-state index contributed by atoms with van der Waals surface area (Å²) in [5, 5.41) is 12.3. The summed E-state index contributed by atoms with van der Waals surface area (Å²) in [4.78, 5) is 9.43. The van der Waals surface area contributed by atoms with Gasteiger partial charge in [-0.15, -0.1) is 0 Å². The van der Waals surface area contributed by atoms with Crippen LogP contribution in [-0.2, 0) is 7.05 Å². The van der Waals surface area contributed by atoms with Crippen LogP contribution in [0.15, 0.2) is 36.5 Å². The first-order valence-corrected chi connectivity index (χ1v) is 9.81. The zero-order valence-corrected chi connectivity index (χ0v) is 17.0. The number of nitrogens with one attached hydrogen (secondary N) is 2. The van der Waals surface area contributed by atoms with E-state index in [0.29, 0.717) is 12.5 Å². The fraction of sp³-hybridized carbons (Fsp3) is 0.476. The van der Waals surface area contributed by atoms with Gasteiger partial charge in [0.2, 0.25) is 5.95 Å². The molecule has 1 atom stereocenters. The lowest BCUT2D eigenvalue weighted by Crippen LogP contribution is -2.36. The van der Waals surface area contributed by atoms with Gasteiger partial charge >= 0.3 is 0 Å². The largest absolute Gasteiger partial charge is 0.363 e. The van der Waals surface area contributed by atoms with Crippen molar-refractivity contribution in [3.63, 3.8) is 0 Å². The maximum Gasteiger partial charge on any atom is 0.226 e. The predicted octanol–water partition coefficient (Wildman–Crippen LogP) is 3.47. The van der Waals surface area contributed by atoms with Gasteiger partial charge in [-0.1, -0.05) is 51.1 Å². The van der Waals surface area contributed by atoms with E-state index in [1.54, 1.807) is 4.68 Å². The number of aryl methyl sites for hydroxylation is 1. The summed E-state index contributed by atoms with van der Waals surface area (Å²) in [6, 6.07) is 9.92. The Morgan fingerprint density at radius 1 is 1.18 bits per heavy atom. The standard InChI is InChI=1S/C21H29N7/c1-20(2,3)21(10-11-21)27-17-15-12-24-28(4)18(15)26-19(25-17)23-13-16(22)14-8-6-5-7-9-14/h5-9,12,16H,10-11,13,22H2,1-4H3,(H2,23,25,26,27)/t16-/m0/s1. The quantitative estimate of drug-likeness (QED) is 0.607. The smallest absolute Gasteiger partial charge is 0.226 e. The van der Waals surface area contributed by atoms with Gasteiger partial charge in [-0.2, -0.15) is 15.1 Å². The first-order valence-electron chi connectivity index (χ1n) is 9.81. The fourth-order valence-electron chi connectivity index (χ4n) is 3.63. The first-order chi connectivity index (χ1) is 13.3. The van der Waals surface area contributed by atoms with Crippen LogP contribution < -0.4 is 16.4 Å². The minimum Gasteiger partial charge on any atom is -0.363 e. The average molecular weight is 380 g/mol. The number of aromatic nitrogens is 4. The second-order valence-electron chi connectivity index (χ2n) is 8.76. The Balaban J connectivity index is 1.60. The van der Waals surface area contributed by atoms with Crippen LogP contribution in [0, 0.1) is 5.41 Å². The normalized spacial score (nSPS) is 16.8. The summed E-state index contributed by atoms with van der Waals surface area (Å²) in [7, 11) is 1.90. The van der Waals surface area contributed by atoms with E-state index in [1.807, 2.05) is 43.6 Å². The molecule has 1 aromatic carbocycles. The van der Waals surface area contributed by atoms with Crippen LogP contribution in [-0.4, -0.2) is 31.8 Å². The highest BCUT2D eigenvalue weighted by Crippen LogP contribution is 2.52. The third kappa shape index (κ3) is 3.42. The van der Waals surface area contributed by atoms with Gasteiger partial charge in [0.25, 0.3) is 0 Å². The van der Waals surface area contributed by atoms with Crippen molar-refractivity contribution < 1.29 is 0 Å². The monoisotopic (exact) mass is 379 g/mol. The Hall–Kier alpha value is -2.67. The van der Waals surface area contributed by atoms with Crippen molar-refractivity contribution in [2.75, 3.05) is 17.2 Å². The van der Waals surface area contributed by atoms with Crippen LogP contribution in [0.3, 0.4) is 0 Å². The van der Waals surface area contributed by atoms with E-state index in [9.17, 15) is 0 Å². The van der Waals surface area contributed by atoms with Crippen molar-refractivity contribution in [3.05, 3.63) is 42.1 Å². The zero-order valence-electron chi connectivity index (χ0n) is 17.0. The molecule has 4 N–H and O–H groups in total. The molecule has 7 heteroatoms. The predicted molar refractivity (Wildman–Crippen MR) is 113 cm³/mol. The third-order valence-corrected chi connectivity index (χ3v) is 5.84. The third-order valence-electron chi connectivity index (χ3n) is 5.84. The van der Waals surface area contributed by atoms with Crippen LogP contribution in [0.25, 0.3) is 11.0 Å². The van der Waals surface area contributed by atoms with E-state index < -0.39 is 0 Å². The molecule has 0 aliphatic heterocycles. The van der Waals surface area contributed by atoms with Crippen LogP contribution in [0.1, 0.15) is 45.2 Å². The number of hydrogen-bond acceptors (Lipinski definition) is 6. The maximum atomic E-state index is 6.32. The van der Waals surface area contributed by atoms with Crippen molar-refractivity contribution in [2.45, 2.75) is 45.2 Å². The molecule has 28 heavy (non-hydrogen) atoms. The van der Waals surface area contributed by atoms with Crippen LogP contribution >= 0.6 is 0 Å². The number of rotatable bonds is 6. The Morgan fingerprint density at radius 2 is 1.89 bits per heavy atom. The number of anilines is 2. The lowest BCUT2D eigenvalue weighted by atomic mass is 9.84. The molecule has 1 aliphatic rings. The highest BCUT2D eigenvalue weighted by Gasteiger charge is 2.52. The number of nitrogens with two attached hydrogens (primary N) is 1. The number of benzene rings is 1. The van der Waals surface area contributed by atoms with Crippen LogP contribution in [0.5, 0.6) is 0 Å². The van der Waals surface area contributed by atoms with Crippen molar-refractivity contribution in [3.8, 4) is 0 Å². The highest BCUT2D eigenvalue weighted by molar-refractivity contribution is 5.88. The van der Waals surface area contributed by atoms with Gasteiger partial charge in [-0.05, 0) is 23.8 Å². The Labute approximate surface area is 165 Å². The average Bonchev–Trinajstić information content (AvgIpc) is 3.37. The molecule has 1 saturated carbocycles. The molecular weight excluding hydrogens is 350 g/mol. The van der Waals surface area contributed by atoms with Crippen LogP contribution in [0.4, 0.5) is 11.8 Å². The molecule has 0 unspecified atom stereocenters. The summed E-state index contributed by atoms with van der Waals surface area (Å²) in [5.41, 5.74) is 8.43. The van der Waals surface area contributed by atoms with E-state index >= 15 is 0 Å². The number of fused-ring (bicyclic) bond motifs is 1. The number of nitrogens with zero attached hydrogens (tertiary/aromatic N) is 4. The molecule has 0 radical (unpaired) electrons. The van der Waals surface area contributed by atoms with Crippen molar-refractivity contribution in [1.29, 1.82) is 0 Å². The van der Waals surface area contributed by atoms with E-state index in [-0.39, 0.29) is 17.0 Å². The topological polar surface area (TPSA) is 93.7 Å². The zero-order chi connectivity index (χ0) is 19.9. The molecule has 3 aromatic rings. The van der Waals surface area contributed by atoms with E-state index in [2.05, 4.69) is 41.5 Å². The summed E-state index contributed by atoms with van der Waals surface area (Å²) in [6.45, 7) is 7.36. The first kappa shape index (κ1) is 18.7. The van der Waals surface area contributed by atoms with Crippen LogP contribution in [0.2, 0.25) is 0 Å². The van der Waals surface area contributed by atoms with Gasteiger partial charge in [0.1, 0.15) is 5.82 Å². The van der Waals surface area contributed by atoms with E-state index in [4.69, 9.17) is 10.7 Å². The molecule has 7 nitrogen and oxygen atoms in total. The molecular formula is C21H29N7. The van der Waals surface area contributed by atoms with Gasteiger partial charge in [0, 0.05) is 25.2 Å². The molecule has 2 aromatic heterocycles. The van der Waals surface area contributed by atoms with Gasteiger partial charge in [0.15, 0.2) is 5.65 Å². The molecule has 0 bridgehead atoms. The highest BCUT2D eigenvalue weighted by atomic mass is 15.3. The van der Waals surface area contributed by atoms with Gasteiger partial charge < -0.3 is 16.4 Å². The van der Waals surface area contributed by atoms with Crippen molar-refractivity contribution >= 4 is 22.8 Å². The van der Waals surface area contributed by atoms with Gasteiger partial charge in [0.05, 0.1) is 11.6 Å². The molecule has 4 rings (SSSR count). The fourth-order valence-corrected chi connectivity index (χ4v) is 3.63. The SMILES string of the molecule is Cn1ncc2c(NC3(C(C)(C)C)CC3)nc(NC[C@H](N)c3ccccc3)nc21. The second-order valence-corrected chi connectivity index (χ2v) is 8.76. The summed E-state index contributed by atoms with van der Waals surface area (Å²) in [5.74, 6) is 1.40. The lowest BCUT2D eigenvalue weighted by molar-refractivity contribution is 0.323. The number of hydrogen-bond donors (Lipinski definition) is 3. The minimum atomic E-state index is -0.132. The molecule has 0 spiro atoms. The minimum absolute atomic E-state index is 0.0713. The molecule has 148 valence electrons.